The number of pyridine rings is 1. The molecule has 1 aromatic carbocycles. The van der Waals surface area contributed by atoms with Gasteiger partial charge in [-0.15, -0.1) is 0 Å². The maximum Gasteiger partial charge on any atom is 0.231 e. The fourth-order valence-electron chi connectivity index (χ4n) is 2.47. The lowest BCUT2D eigenvalue weighted by Crippen LogP contribution is -2.12. The fourth-order valence-corrected chi connectivity index (χ4v) is 2.47. The first-order valence-electron chi connectivity index (χ1n) is 7.95. The van der Waals surface area contributed by atoms with Crippen LogP contribution in [0.15, 0.2) is 73.3 Å². The molecule has 0 spiro atoms. The maximum absolute atomic E-state index is 5.55. The van der Waals surface area contributed by atoms with Crippen LogP contribution in [0.3, 0.4) is 0 Å². The van der Waals surface area contributed by atoms with Gasteiger partial charge in [-0.25, -0.2) is 10.5 Å². The van der Waals surface area contributed by atoms with Gasteiger partial charge in [0.2, 0.25) is 5.95 Å². The lowest BCUT2D eigenvalue weighted by Gasteiger charge is -2.09. The summed E-state index contributed by atoms with van der Waals surface area (Å²) in [7, 11) is 0. The Kier molecular flexibility index (Phi) is 4.23. The summed E-state index contributed by atoms with van der Waals surface area (Å²) in [4.78, 5) is 12.9. The minimum absolute atomic E-state index is 0.419. The second-order valence-electron chi connectivity index (χ2n) is 5.48. The molecule has 8 nitrogen and oxygen atoms in total. The normalized spacial score (nSPS) is 10.5. The summed E-state index contributed by atoms with van der Waals surface area (Å²) in [6.07, 6.45) is 7.16. The summed E-state index contributed by atoms with van der Waals surface area (Å²) in [6.45, 7) is 0. The van der Waals surface area contributed by atoms with Crippen molar-refractivity contribution in [3.63, 3.8) is 0 Å². The maximum atomic E-state index is 5.55. The van der Waals surface area contributed by atoms with E-state index in [0.717, 1.165) is 16.8 Å². The number of hydrazine groups is 1. The summed E-state index contributed by atoms with van der Waals surface area (Å²) in [5.41, 5.74) is 5.43. The molecule has 3 aromatic heterocycles. The van der Waals surface area contributed by atoms with Crippen molar-refractivity contribution in [1.29, 1.82) is 0 Å². The van der Waals surface area contributed by atoms with Crippen molar-refractivity contribution >= 4 is 17.5 Å². The molecular formula is C18H16N8. The van der Waals surface area contributed by atoms with E-state index in [2.05, 4.69) is 30.8 Å². The molecule has 128 valence electrons. The van der Waals surface area contributed by atoms with Gasteiger partial charge in [0.25, 0.3) is 0 Å². The Hall–Kier alpha value is -3.78. The average molecular weight is 344 g/mol. The molecule has 4 aromatic rings. The molecule has 0 amide bonds. The predicted molar refractivity (Wildman–Crippen MR) is 99.9 cm³/mol. The number of hydrogen-bond acceptors (Lipinski definition) is 7. The number of nitrogens with one attached hydrogen (secondary N) is 2. The molecule has 0 aliphatic heterocycles. The Bertz CT molecular complexity index is 998. The third-order valence-electron chi connectivity index (χ3n) is 3.72. The first-order chi connectivity index (χ1) is 12.8. The number of hydrogen-bond donors (Lipinski definition) is 3. The number of nitrogens with two attached hydrogens (primary N) is 1. The Morgan fingerprint density at radius 3 is 2.50 bits per heavy atom. The topological polar surface area (TPSA) is 107 Å². The van der Waals surface area contributed by atoms with Crippen LogP contribution in [-0.4, -0.2) is 24.7 Å². The van der Waals surface area contributed by atoms with Crippen molar-refractivity contribution < 1.29 is 0 Å². The van der Waals surface area contributed by atoms with E-state index in [1.165, 1.54) is 0 Å². The summed E-state index contributed by atoms with van der Waals surface area (Å²) in [6, 6.07) is 15.2. The highest BCUT2D eigenvalue weighted by Gasteiger charge is 2.09. The number of benzene rings is 1. The van der Waals surface area contributed by atoms with Gasteiger partial charge in [0, 0.05) is 35.9 Å². The quantitative estimate of drug-likeness (QED) is 0.377. The van der Waals surface area contributed by atoms with Gasteiger partial charge in [-0.3, -0.25) is 4.98 Å². The van der Waals surface area contributed by atoms with Crippen LogP contribution in [0.5, 0.6) is 0 Å². The van der Waals surface area contributed by atoms with Crippen LogP contribution in [0.1, 0.15) is 0 Å². The van der Waals surface area contributed by atoms with Gasteiger partial charge >= 0.3 is 0 Å². The lowest BCUT2D eigenvalue weighted by molar-refractivity contribution is 0.842. The fraction of sp³-hybridized carbons (Fsp3) is 0. The zero-order valence-electron chi connectivity index (χ0n) is 13.7. The molecule has 4 N–H and O–H groups in total. The van der Waals surface area contributed by atoms with Gasteiger partial charge < -0.3 is 10.7 Å². The Morgan fingerprint density at radius 2 is 1.73 bits per heavy atom. The van der Waals surface area contributed by atoms with Crippen molar-refractivity contribution in [2.45, 2.75) is 0 Å². The van der Waals surface area contributed by atoms with Gasteiger partial charge in [0.05, 0.1) is 6.20 Å². The summed E-state index contributed by atoms with van der Waals surface area (Å²) < 4.78 is 1.68. The standard InChI is InChI=1S/C18H16N8/c19-25-16-10-17(24-18(23-16)22-15-4-2-1-3-5-15)26-12-14(11-21-26)13-6-8-20-9-7-13/h1-12H,19H2,(H2,22,23,24,25). The molecule has 0 fully saturated rings. The van der Waals surface area contributed by atoms with Gasteiger partial charge in [-0.05, 0) is 29.8 Å². The molecule has 26 heavy (non-hydrogen) atoms. The number of para-hydroxylation sites is 1. The molecule has 0 unspecified atom stereocenters. The second-order valence-corrected chi connectivity index (χ2v) is 5.48. The Balaban J connectivity index is 1.68. The third-order valence-corrected chi connectivity index (χ3v) is 3.72. The van der Waals surface area contributed by atoms with Crippen molar-refractivity contribution in [3.05, 3.63) is 73.3 Å². The van der Waals surface area contributed by atoms with E-state index >= 15 is 0 Å². The smallest absolute Gasteiger partial charge is 0.231 e. The zero-order chi connectivity index (χ0) is 17.8. The third kappa shape index (κ3) is 3.35. The van der Waals surface area contributed by atoms with E-state index < -0.39 is 0 Å². The van der Waals surface area contributed by atoms with E-state index in [1.807, 2.05) is 48.7 Å². The highest BCUT2D eigenvalue weighted by atomic mass is 15.3. The molecule has 0 aliphatic carbocycles. The zero-order valence-corrected chi connectivity index (χ0v) is 13.7. The SMILES string of the molecule is NNc1cc(-n2cc(-c3ccncc3)cn2)nc(Nc2ccccc2)n1. The van der Waals surface area contributed by atoms with E-state index in [-0.39, 0.29) is 0 Å². The Morgan fingerprint density at radius 1 is 0.923 bits per heavy atom. The minimum atomic E-state index is 0.419. The molecule has 0 aliphatic rings. The van der Waals surface area contributed by atoms with Crippen molar-refractivity contribution in [2.24, 2.45) is 5.84 Å². The Labute approximate surface area is 149 Å². The van der Waals surface area contributed by atoms with Crippen LogP contribution < -0.4 is 16.6 Å². The second kappa shape index (κ2) is 6.99. The van der Waals surface area contributed by atoms with Crippen LogP contribution in [0.2, 0.25) is 0 Å². The van der Waals surface area contributed by atoms with E-state index in [0.29, 0.717) is 17.6 Å². The first kappa shape index (κ1) is 15.7. The lowest BCUT2D eigenvalue weighted by atomic mass is 10.1. The average Bonchev–Trinajstić information content (AvgIpc) is 3.19. The minimum Gasteiger partial charge on any atom is -0.324 e. The molecule has 4 rings (SSSR count). The van der Waals surface area contributed by atoms with E-state index in [9.17, 15) is 0 Å². The first-order valence-corrected chi connectivity index (χ1v) is 7.95. The number of rotatable bonds is 5. The van der Waals surface area contributed by atoms with Gasteiger partial charge in [-0.1, -0.05) is 18.2 Å². The molecular weight excluding hydrogens is 328 g/mol. The van der Waals surface area contributed by atoms with Crippen molar-refractivity contribution in [1.82, 2.24) is 24.7 Å². The molecule has 3 heterocycles. The monoisotopic (exact) mass is 344 g/mol. The molecule has 8 heteroatoms. The molecule has 0 saturated heterocycles. The molecule has 0 radical (unpaired) electrons. The highest BCUT2D eigenvalue weighted by molar-refractivity contribution is 5.62. The summed E-state index contributed by atoms with van der Waals surface area (Å²) in [5.74, 6) is 7.04. The highest BCUT2D eigenvalue weighted by Crippen LogP contribution is 2.21. The van der Waals surface area contributed by atoms with Crippen molar-refractivity contribution in [3.8, 4) is 16.9 Å². The predicted octanol–water partition coefficient (Wildman–Crippen LogP) is 2.75. The van der Waals surface area contributed by atoms with Crippen molar-refractivity contribution in [2.75, 3.05) is 10.7 Å². The number of aromatic nitrogens is 5. The van der Waals surface area contributed by atoms with Crippen LogP contribution in [0, 0.1) is 0 Å². The van der Waals surface area contributed by atoms with Crippen LogP contribution in [0.4, 0.5) is 17.5 Å². The molecule has 0 bridgehead atoms. The van der Waals surface area contributed by atoms with Crippen LogP contribution in [0.25, 0.3) is 16.9 Å². The van der Waals surface area contributed by atoms with Gasteiger partial charge in [0.15, 0.2) is 5.82 Å². The molecule has 0 saturated carbocycles. The number of anilines is 3. The van der Waals surface area contributed by atoms with Crippen LogP contribution in [-0.2, 0) is 0 Å². The summed E-state index contributed by atoms with van der Waals surface area (Å²) in [5, 5.41) is 7.56. The number of nitrogens with zero attached hydrogens (tertiary/aromatic N) is 5. The summed E-state index contributed by atoms with van der Waals surface area (Å²) >= 11 is 0. The van der Waals surface area contributed by atoms with Gasteiger partial charge in [0.1, 0.15) is 5.82 Å². The number of nitrogen functional groups attached to an aromatic ring is 1. The van der Waals surface area contributed by atoms with E-state index in [1.54, 1.807) is 29.3 Å². The van der Waals surface area contributed by atoms with E-state index in [4.69, 9.17) is 5.84 Å². The van der Waals surface area contributed by atoms with Gasteiger partial charge in [-0.2, -0.15) is 15.1 Å². The molecule has 0 atom stereocenters. The largest absolute Gasteiger partial charge is 0.324 e. The van der Waals surface area contributed by atoms with Crippen LogP contribution >= 0.6 is 0 Å².